The molecule has 0 heterocycles. The van der Waals surface area contributed by atoms with E-state index in [-0.39, 0.29) is 0 Å². The molecule has 0 unspecified atom stereocenters. The molecule has 0 aliphatic carbocycles. The first-order valence-corrected chi connectivity index (χ1v) is 25.7. The second-order valence-corrected chi connectivity index (χ2v) is 17.5. The van der Waals surface area contributed by atoms with Crippen LogP contribution < -0.4 is 0 Å². The molecule has 0 rings (SSSR count). The second kappa shape index (κ2) is 56.7. The van der Waals surface area contributed by atoms with E-state index in [2.05, 4.69) is 83.1 Å². The van der Waals surface area contributed by atoms with Gasteiger partial charge in [-0.1, -0.05) is 160 Å². The molecular weight excluding hydrogens is 789 g/mol. The van der Waals surface area contributed by atoms with E-state index in [0.29, 0.717) is 0 Å². The Hall–Kier alpha value is -2.32. The Bertz CT molecular complexity index is 670. The maximum absolute atomic E-state index is 8.25. The SMILES string of the molecule is CCCC[N+](CCCC)(CCCC)CCCC.CCCC[N+](CCCC)(CCCC)CCCC.CCCC[N+](CCCC)(CCCC)CCCC.O=N[O-].O=[N+]([O-])[O-].O=[N+]([O-])[O-]. The monoisotopic (exact) mass is 897 g/mol. The predicted molar refractivity (Wildman–Crippen MR) is 268 cm³/mol. The summed E-state index contributed by atoms with van der Waals surface area (Å²) in [6.45, 7) is 45.1. The van der Waals surface area contributed by atoms with Crippen LogP contribution in [0.4, 0.5) is 0 Å². The van der Waals surface area contributed by atoms with Gasteiger partial charge in [0.25, 0.3) is 0 Å². The highest BCUT2D eigenvalue weighted by atomic mass is 16.9. The molecule has 0 aliphatic rings. The van der Waals surface area contributed by atoms with Gasteiger partial charge in [-0.3, -0.25) is 0 Å². The fraction of sp³-hybridized carbons (Fsp3) is 1.00. The summed E-state index contributed by atoms with van der Waals surface area (Å²) in [4.78, 5) is 24.5. The molecule has 62 heavy (non-hydrogen) atoms. The number of quaternary nitrogens is 3. The lowest BCUT2D eigenvalue weighted by atomic mass is 10.1. The fourth-order valence-corrected chi connectivity index (χ4v) is 7.93. The van der Waals surface area contributed by atoms with E-state index in [9.17, 15) is 0 Å². The summed E-state index contributed by atoms with van der Waals surface area (Å²) in [5.41, 5.74) is 0. The molecule has 0 saturated heterocycles. The Morgan fingerprint density at radius 1 is 0.290 bits per heavy atom. The molecule has 0 N–H and O–H groups in total. The van der Waals surface area contributed by atoms with Gasteiger partial charge in [0.1, 0.15) is 0 Å². The Morgan fingerprint density at radius 2 is 0.355 bits per heavy atom. The molecule has 378 valence electrons. The lowest BCUT2D eigenvalue weighted by molar-refractivity contribution is -0.929. The standard InChI is InChI=1S/3C16H36N.2NO3.HNO2/c3*1-5-9-13-17(14-10-6-2,15-11-7-3)16-12-8-4;2*2-1(3)4;2-1-3/h3*5-16H2,1-4H3;;;(H,2,3)/q3*+1;2*-1;/p-1. The van der Waals surface area contributed by atoms with E-state index in [1.54, 1.807) is 0 Å². The smallest absolute Gasteiger partial charge is 0.0786 e. The summed E-state index contributed by atoms with van der Waals surface area (Å²) >= 11 is 0. The minimum atomic E-state index is -1.75. The normalized spacial score (nSPS) is 10.8. The van der Waals surface area contributed by atoms with Crippen LogP contribution in [0.5, 0.6) is 0 Å². The maximum Gasteiger partial charge on any atom is 0.0786 e. The van der Waals surface area contributed by atoms with Gasteiger partial charge in [-0.2, -0.15) is 0 Å². The van der Waals surface area contributed by atoms with E-state index in [0.717, 1.165) is 5.34 Å². The molecule has 14 heteroatoms. The Kier molecular flexibility index (Phi) is 65.2. The van der Waals surface area contributed by atoms with Crippen molar-refractivity contribution in [2.45, 2.75) is 237 Å². The molecule has 0 aromatic rings. The van der Waals surface area contributed by atoms with Crippen molar-refractivity contribution in [3.8, 4) is 0 Å². The highest BCUT2D eigenvalue weighted by Crippen LogP contribution is 2.19. The van der Waals surface area contributed by atoms with Crippen LogP contribution in [0.15, 0.2) is 5.34 Å². The summed E-state index contributed by atoms with van der Waals surface area (Å²) in [5.74, 6) is 0. The first-order valence-electron chi connectivity index (χ1n) is 25.7. The van der Waals surface area contributed by atoms with Gasteiger partial charge in [-0.15, -0.1) is 5.34 Å². The summed E-state index contributed by atoms with van der Waals surface area (Å²) in [7, 11) is 0. The van der Waals surface area contributed by atoms with Crippen LogP contribution in [0, 0.1) is 40.8 Å². The van der Waals surface area contributed by atoms with Crippen molar-refractivity contribution < 1.29 is 23.6 Å². The minimum absolute atomic E-state index is 1.00. The summed E-state index contributed by atoms with van der Waals surface area (Å²) in [5, 5.41) is 38.5. The van der Waals surface area contributed by atoms with Gasteiger partial charge in [0, 0.05) is 0 Å². The van der Waals surface area contributed by atoms with Crippen LogP contribution in [-0.4, -0.2) is 102 Å². The molecule has 0 aliphatic heterocycles. The zero-order valence-electron chi connectivity index (χ0n) is 43.4. The third-order valence-corrected chi connectivity index (χ3v) is 11.8. The number of nitrogens with zero attached hydrogens (tertiary/aromatic N) is 6. The van der Waals surface area contributed by atoms with Gasteiger partial charge in [-0.25, -0.2) is 0 Å². The molecular formula is C48H108N6O8. The van der Waals surface area contributed by atoms with Crippen LogP contribution in [0.25, 0.3) is 0 Å². The van der Waals surface area contributed by atoms with Gasteiger partial charge < -0.3 is 54.2 Å². The van der Waals surface area contributed by atoms with E-state index in [1.165, 1.54) is 246 Å². The van der Waals surface area contributed by atoms with Crippen molar-refractivity contribution in [3.63, 3.8) is 0 Å². The van der Waals surface area contributed by atoms with Crippen LogP contribution >= 0.6 is 0 Å². The van der Waals surface area contributed by atoms with E-state index in [4.69, 9.17) is 40.8 Å². The molecule has 0 fully saturated rings. The largest absolute Gasteiger partial charge is 0.444 e. The zero-order valence-corrected chi connectivity index (χ0v) is 43.4. The number of hydrogen-bond donors (Lipinski definition) is 0. The third-order valence-electron chi connectivity index (χ3n) is 11.8. The van der Waals surface area contributed by atoms with Crippen LogP contribution in [-0.2, 0) is 0 Å². The van der Waals surface area contributed by atoms with Crippen LogP contribution in [0.3, 0.4) is 0 Å². The van der Waals surface area contributed by atoms with Crippen molar-refractivity contribution in [2.24, 2.45) is 5.34 Å². The topological polar surface area (TPSA) is 185 Å². The van der Waals surface area contributed by atoms with E-state index < -0.39 is 10.2 Å². The number of rotatable bonds is 36. The molecule has 0 bridgehead atoms. The van der Waals surface area contributed by atoms with Crippen molar-refractivity contribution in [2.75, 3.05) is 78.5 Å². The van der Waals surface area contributed by atoms with Crippen molar-refractivity contribution in [1.82, 2.24) is 0 Å². The number of unbranched alkanes of at least 4 members (excludes halogenated alkanes) is 12. The second-order valence-electron chi connectivity index (χ2n) is 17.5. The Morgan fingerprint density at radius 3 is 0.403 bits per heavy atom. The predicted octanol–water partition coefficient (Wildman–Crippen LogP) is 14.8. The van der Waals surface area contributed by atoms with Crippen molar-refractivity contribution >= 4 is 0 Å². The van der Waals surface area contributed by atoms with E-state index in [1.807, 2.05) is 0 Å². The van der Waals surface area contributed by atoms with Crippen molar-refractivity contribution in [1.29, 1.82) is 0 Å². The first kappa shape index (κ1) is 71.3. The lowest BCUT2D eigenvalue weighted by Gasteiger charge is -2.39. The molecule has 0 radical (unpaired) electrons. The van der Waals surface area contributed by atoms with Gasteiger partial charge in [0.2, 0.25) is 0 Å². The lowest BCUT2D eigenvalue weighted by Crippen LogP contribution is -2.50. The maximum atomic E-state index is 8.25. The fourth-order valence-electron chi connectivity index (χ4n) is 7.93. The quantitative estimate of drug-likeness (QED) is 0.0257. The van der Waals surface area contributed by atoms with Gasteiger partial charge in [0.15, 0.2) is 0 Å². The van der Waals surface area contributed by atoms with Gasteiger partial charge >= 0.3 is 0 Å². The molecule has 0 spiro atoms. The Balaban J connectivity index is -0.000000169. The molecule has 0 amide bonds. The zero-order chi connectivity index (χ0) is 48.8. The van der Waals surface area contributed by atoms with Gasteiger partial charge in [-0.05, 0) is 77.0 Å². The summed E-state index contributed by atoms with van der Waals surface area (Å²) in [6.07, 6.45) is 33.2. The highest BCUT2D eigenvalue weighted by Gasteiger charge is 2.26. The van der Waals surface area contributed by atoms with Crippen molar-refractivity contribution in [3.05, 3.63) is 40.8 Å². The average Bonchev–Trinajstić information content (AvgIpc) is 3.25. The minimum Gasteiger partial charge on any atom is -0.444 e. The molecule has 0 saturated carbocycles. The Labute approximate surface area is 384 Å². The van der Waals surface area contributed by atoms with Gasteiger partial charge in [0.05, 0.1) is 88.7 Å². The molecule has 0 aromatic heterocycles. The molecule has 14 nitrogen and oxygen atoms in total. The highest BCUT2D eigenvalue weighted by molar-refractivity contribution is 4.52. The van der Waals surface area contributed by atoms with E-state index >= 15 is 0 Å². The average molecular weight is 897 g/mol. The van der Waals surface area contributed by atoms with Crippen LogP contribution in [0.2, 0.25) is 0 Å². The van der Waals surface area contributed by atoms with Crippen LogP contribution in [0.1, 0.15) is 237 Å². The first-order chi connectivity index (χ1) is 29.6. The summed E-state index contributed by atoms with van der Waals surface area (Å²) < 4.78 is 4.26. The third kappa shape index (κ3) is 55.7. The molecule has 0 atom stereocenters. The molecule has 0 aromatic carbocycles. The number of hydrogen-bond acceptors (Lipinski definition) is 9. The summed E-state index contributed by atoms with van der Waals surface area (Å²) in [6, 6.07) is 0.